The highest BCUT2D eigenvalue weighted by Crippen LogP contribution is 2.24. The van der Waals surface area contributed by atoms with Crippen molar-refractivity contribution in [2.24, 2.45) is 0 Å². The molecular formula is C14H21FN2. The van der Waals surface area contributed by atoms with Gasteiger partial charge in [-0.3, -0.25) is 4.90 Å². The second-order valence-electron chi connectivity index (χ2n) is 4.94. The zero-order valence-corrected chi connectivity index (χ0v) is 10.6. The molecule has 17 heavy (non-hydrogen) atoms. The first kappa shape index (κ1) is 12.5. The molecule has 0 heterocycles. The largest absolute Gasteiger partial charge is 0.315 e. The standard InChI is InChI=1S/C14H21FN2/c1-16-13-4-3-5-14(13)17(2)10-11-6-8-12(15)9-7-11/h6-9,13-14,16H,3-5,10H2,1-2H3. The molecule has 0 aliphatic heterocycles. The van der Waals surface area contributed by atoms with Crippen molar-refractivity contribution in [1.29, 1.82) is 0 Å². The van der Waals surface area contributed by atoms with E-state index in [1.807, 2.05) is 19.2 Å². The molecule has 94 valence electrons. The van der Waals surface area contributed by atoms with Crippen LogP contribution in [0.1, 0.15) is 24.8 Å². The van der Waals surface area contributed by atoms with E-state index < -0.39 is 0 Å². The van der Waals surface area contributed by atoms with Crippen LogP contribution in [0.4, 0.5) is 4.39 Å². The molecule has 2 nitrogen and oxygen atoms in total. The van der Waals surface area contributed by atoms with Gasteiger partial charge in [-0.05, 0) is 44.6 Å². The van der Waals surface area contributed by atoms with E-state index in [-0.39, 0.29) is 5.82 Å². The third kappa shape index (κ3) is 3.05. The van der Waals surface area contributed by atoms with Gasteiger partial charge in [0.25, 0.3) is 0 Å². The molecule has 0 bridgehead atoms. The Labute approximate surface area is 103 Å². The lowest BCUT2D eigenvalue weighted by molar-refractivity contribution is 0.208. The van der Waals surface area contributed by atoms with E-state index in [0.717, 1.165) is 6.54 Å². The van der Waals surface area contributed by atoms with Crippen molar-refractivity contribution in [3.05, 3.63) is 35.6 Å². The Kier molecular flexibility index (Phi) is 4.13. The number of likely N-dealkylation sites (N-methyl/N-ethyl adjacent to an activating group) is 2. The second kappa shape index (κ2) is 5.61. The highest BCUT2D eigenvalue weighted by molar-refractivity contribution is 5.16. The first-order valence-electron chi connectivity index (χ1n) is 6.32. The first-order valence-corrected chi connectivity index (χ1v) is 6.32. The summed E-state index contributed by atoms with van der Waals surface area (Å²) < 4.78 is 12.8. The van der Waals surface area contributed by atoms with E-state index in [2.05, 4.69) is 17.3 Å². The Morgan fingerprint density at radius 3 is 2.65 bits per heavy atom. The lowest BCUT2D eigenvalue weighted by atomic mass is 10.1. The second-order valence-corrected chi connectivity index (χ2v) is 4.94. The van der Waals surface area contributed by atoms with Crippen LogP contribution in [-0.4, -0.2) is 31.1 Å². The summed E-state index contributed by atoms with van der Waals surface area (Å²) in [5.41, 5.74) is 1.18. The molecule has 0 amide bonds. The van der Waals surface area contributed by atoms with Crippen LogP contribution in [0.15, 0.2) is 24.3 Å². The molecule has 1 N–H and O–H groups in total. The molecule has 0 spiro atoms. The molecule has 2 unspecified atom stereocenters. The Morgan fingerprint density at radius 2 is 2.00 bits per heavy atom. The Bertz CT molecular complexity index is 350. The minimum atomic E-state index is -0.162. The molecule has 1 aromatic carbocycles. The predicted molar refractivity (Wildman–Crippen MR) is 68.4 cm³/mol. The molecule has 0 aromatic heterocycles. The number of nitrogens with one attached hydrogen (secondary N) is 1. The lowest BCUT2D eigenvalue weighted by Crippen LogP contribution is -2.43. The van der Waals surface area contributed by atoms with Gasteiger partial charge in [-0.1, -0.05) is 18.6 Å². The van der Waals surface area contributed by atoms with Crippen LogP contribution in [0.5, 0.6) is 0 Å². The van der Waals surface area contributed by atoms with Gasteiger partial charge < -0.3 is 5.32 Å². The molecule has 1 aliphatic carbocycles. The topological polar surface area (TPSA) is 15.3 Å². The van der Waals surface area contributed by atoms with Crippen LogP contribution in [0.2, 0.25) is 0 Å². The van der Waals surface area contributed by atoms with E-state index >= 15 is 0 Å². The monoisotopic (exact) mass is 236 g/mol. The summed E-state index contributed by atoms with van der Waals surface area (Å²) in [6.07, 6.45) is 3.81. The third-order valence-electron chi connectivity index (χ3n) is 3.76. The molecule has 0 radical (unpaired) electrons. The van der Waals surface area contributed by atoms with Crippen LogP contribution >= 0.6 is 0 Å². The van der Waals surface area contributed by atoms with Crippen LogP contribution < -0.4 is 5.32 Å². The number of rotatable bonds is 4. The molecule has 1 aliphatic rings. The highest BCUT2D eigenvalue weighted by atomic mass is 19.1. The predicted octanol–water partition coefficient (Wildman–Crippen LogP) is 2.40. The molecule has 3 heteroatoms. The van der Waals surface area contributed by atoms with Crippen molar-refractivity contribution in [2.45, 2.75) is 37.9 Å². The van der Waals surface area contributed by atoms with Gasteiger partial charge in [0.15, 0.2) is 0 Å². The Balaban J connectivity index is 1.96. The van der Waals surface area contributed by atoms with Crippen molar-refractivity contribution in [3.8, 4) is 0 Å². The van der Waals surface area contributed by atoms with Crippen molar-refractivity contribution in [2.75, 3.05) is 14.1 Å². The van der Waals surface area contributed by atoms with E-state index in [1.165, 1.54) is 37.0 Å². The molecule has 1 saturated carbocycles. The zero-order chi connectivity index (χ0) is 12.3. The Morgan fingerprint density at radius 1 is 1.29 bits per heavy atom. The number of hydrogen-bond acceptors (Lipinski definition) is 2. The summed E-state index contributed by atoms with van der Waals surface area (Å²) in [6.45, 7) is 0.892. The van der Waals surface area contributed by atoms with Gasteiger partial charge in [-0.2, -0.15) is 0 Å². The molecule has 2 rings (SSSR count). The maximum Gasteiger partial charge on any atom is 0.123 e. The molecule has 1 fully saturated rings. The summed E-state index contributed by atoms with van der Waals surface area (Å²) in [4.78, 5) is 2.38. The maximum atomic E-state index is 12.8. The highest BCUT2D eigenvalue weighted by Gasteiger charge is 2.28. The van der Waals surface area contributed by atoms with Gasteiger partial charge in [0.05, 0.1) is 0 Å². The summed E-state index contributed by atoms with van der Waals surface area (Å²) in [5.74, 6) is -0.162. The van der Waals surface area contributed by atoms with Gasteiger partial charge in [-0.25, -0.2) is 4.39 Å². The summed E-state index contributed by atoms with van der Waals surface area (Å²) >= 11 is 0. The summed E-state index contributed by atoms with van der Waals surface area (Å²) in [7, 11) is 4.19. The molecule has 1 aromatic rings. The van der Waals surface area contributed by atoms with Crippen molar-refractivity contribution < 1.29 is 4.39 Å². The minimum Gasteiger partial charge on any atom is -0.315 e. The fraction of sp³-hybridized carbons (Fsp3) is 0.571. The van der Waals surface area contributed by atoms with Crippen LogP contribution in [-0.2, 0) is 6.54 Å². The fourth-order valence-corrected chi connectivity index (χ4v) is 2.80. The van der Waals surface area contributed by atoms with Crippen molar-refractivity contribution >= 4 is 0 Å². The van der Waals surface area contributed by atoms with E-state index in [0.29, 0.717) is 12.1 Å². The molecule has 0 saturated heterocycles. The van der Waals surface area contributed by atoms with Gasteiger partial charge >= 0.3 is 0 Å². The maximum absolute atomic E-state index is 12.8. The number of nitrogens with zero attached hydrogens (tertiary/aromatic N) is 1. The van der Waals surface area contributed by atoms with Crippen LogP contribution in [0.25, 0.3) is 0 Å². The summed E-state index contributed by atoms with van der Waals surface area (Å²) in [5, 5.41) is 3.39. The van der Waals surface area contributed by atoms with Gasteiger partial charge in [0.1, 0.15) is 5.82 Å². The number of hydrogen-bond donors (Lipinski definition) is 1. The quantitative estimate of drug-likeness (QED) is 0.863. The van der Waals surface area contributed by atoms with Gasteiger partial charge in [0.2, 0.25) is 0 Å². The SMILES string of the molecule is CNC1CCCC1N(C)Cc1ccc(F)cc1. The van der Waals surface area contributed by atoms with Crippen molar-refractivity contribution in [3.63, 3.8) is 0 Å². The zero-order valence-electron chi connectivity index (χ0n) is 10.6. The van der Waals surface area contributed by atoms with Gasteiger partial charge in [-0.15, -0.1) is 0 Å². The average molecular weight is 236 g/mol. The minimum absolute atomic E-state index is 0.162. The fourth-order valence-electron chi connectivity index (χ4n) is 2.80. The number of halogens is 1. The van der Waals surface area contributed by atoms with E-state index in [9.17, 15) is 4.39 Å². The normalized spacial score (nSPS) is 24.5. The Hall–Kier alpha value is -0.930. The lowest BCUT2D eigenvalue weighted by Gasteiger charge is -2.29. The molecule has 2 atom stereocenters. The summed E-state index contributed by atoms with van der Waals surface area (Å²) in [6, 6.07) is 8.01. The van der Waals surface area contributed by atoms with E-state index in [4.69, 9.17) is 0 Å². The molecular weight excluding hydrogens is 215 g/mol. The average Bonchev–Trinajstić information content (AvgIpc) is 2.80. The number of benzene rings is 1. The smallest absolute Gasteiger partial charge is 0.123 e. The third-order valence-corrected chi connectivity index (χ3v) is 3.76. The van der Waals surface area contributed by atoms with E-state index in [1.54, 1.807) is 0 Å². The van der Waals surface area contributed by atoms with Crippen molar-refractivity contribution in [1.82, 2.24) is 10.2 Å². The van der Waals surface area contributed by atoms with Crippen LogP contribution in [0.3, 0.4) is 0 Å². The van der Waals surface area contributed by atoms with Gasteiger partial charge in [0, 0.05) is 18.6 Å². The van der Waals surface area contributed by atoms with Crippen LogP contribution in [0, 0.1) is 5.82 Å². The first-order chi connectivity index (χ1) is 8.20.